The summed E-state index contributed by atoms with van der Waals surface area (Å²) in [6.45, 7) is 3.20. The van der Waals surface area contributed by atoms with Crippen LogP contribution in [0, 0.1) is 11.8 Å². The lowest BCUT2D eigenvalue weighted by Gasteiger charge is -2.47. The Morgan fingerprint density at radius 3 is 2.88 bits per heavy atom. The molecule has 0 spiro atoms. The quantitative estimate of drug-likeness (QED) is 0.820. The van der Waals surface area contributed by atoms with Gasteiger partial charge in [0.05, 0.1) is 24.8 Å². The molecular weight excluding hydrogens is 324 g/mol. The summed E-state index contributed by atoms with van der Waals surface area (Å²) in [4.78, 5) is 29.0. The third kappa shape index (κ3) is 3.26. The first-order valence-corrected chi connectivity index (χ1v) is 8.55. The molecule has 1 fully saturated rings. The fourth-order valence-electron chi connectivity index (χ4n) is 3.90. The second-order valence-electron chi connectivity index (χ2n) is 6.83. The average molecular weight is 348 g/mol. The Labute approximate surface area is 146 Å². The summed E-state index contributed by atoms with van der Waals surface area (Å²) in [7, 11) is 1.29. The largest absolute Gasteiger partial charge is 0.484 e. The first kappa shape index (κ1) is 17.8. The third-order valence-corrected chi connectivity index (χ3v) is 5.41. The second-order valence-corrected chi connectivity index (χ2v) is 6.83. The highest BCUT2D eigenvalue weighted by Gasteiger charge is 2.52. The summed E-state index contributed by atoms with van der Waals surface area (Å²) in [6.07, 6.45) is 4.91. The zero-order valence-corrected chi connectivity index (χ0v) is 14.6. The first-order valence-electron chi connectivity index (χ1n) is 8.55. The Morgan fingerprint density at radius 2 is 2.20 bits per heavy atom. The van der Waals surface area contributed by atoms with Crippen LogP contribution in [0.5, 0.6) is 5.75 Å². The molecule has 1 aromatic rings. The normalized spacial score (nSPS) is 28.0. The second kappa shape index (κ2) is 7.09. The molecule has 1 saturated heterocycles. The maximum atomic E-state index is 13.2. The summed E-state index contributed by atoms with van der Waals surface area (Å²) >= 11 is 0. The SMILES string of the molecule is COC(=O)C(N)CC1C(=O)c2ccncc2OC1(C)C1CCOCC1. The predicted molar refractivity (Wildman–Crippen MR) is 89.2 cm³/mol. The van der Waals surface area contributed by atoms with Gasteiger partial charge < -0.3 is 19.9 Å². The van der Waals surface area contributed by atoms with E-state index in [0.717, 1.165) is 12.8 Å². The first-order chi connectivity index (χ1) is 12.0. The summed E-state index contributed by atoms with van der Waals surface area (Å²) in [5.41, 5.74) is 5.70. The predicted octanol–water partition coefficient (Wildman–Crippen LogP) is 1.35. The lowest BCUT2D eigenvalue weighted by atomic mass is 9.68. The highest BCUT2D eigenvalue weighted by Crippen LogP contribution is 2.45. The summed E-state index contributed by atoms with van der Waals surface area (Å²) in [6, 6.07) is 0.780. The summed E-state index contributed by atoms with van der Waals surface area (Å²) < 4.78 is 16.5. The Balaban J connectivity index is 1.97. The molecule has 7 heteroatoms. The minimum Gasteiger partial charge on any atom is -0.484 e. The zero-order valence-electron chi connectivity index (χ0n) is 14.6. The molecule has 3 rings (SSSR count). The molecule has 3 atom stereocenters. The van der Waals surface area contributed by atoms with Gasteiger partial charge in [-0.3, -0.25) is 14.6 Å². The molecule has 2 aliphatic rings. The Morgan fingerprint density at radius 1 is 1.48 bits per heavy atom. The fraction of sp³-hybridized carbons (Fsp3) is 0.611. The van der Waals surface area contributed by atoms with Gasteiger partial charge in [-0.1, -0.05) is 0 Å². The van der Waals surface area contributed by atoms with Crippen LogP contribution in [-0.2, 0) is 14.3 Å². The number of nitrogens with zero attached hydrogens (tertiary/aromatic N) is 1. The summed E-state index contributed by atoms with van der Waals surface area (Å²) in [5, 5.41) is 0. The molecule has 136 valence electrons. The van der Waals surface area contributed by atoms with Gasteiger partial charge in [0.2, 0.25) is 0 Å². The van der Waals surface area contributed by atoms with E-state index in [4.69, 9.17) is 19.9 Å². The van der Waals surface area contributed by atoms with Crippen LogP contribution in [0.4, 0.5) is 0 Å². The van der Waals surface area contributed by atoms with Crippen LogP contribution in [0.2, 0.25) is 0 Å². The highest BCUT2D eigenvalue weighted by atomic mass is 16.5. The third-order valence-electron chi connectivity index (χ3n) is 5.41. The molecule has 0 amide bonds. The Kier molecular flexibility index (Phi) is 5.06. The molecule has 0 aromatic carbocycles. The van der Waals surface area contributed by atoms with Crippen molar-refractivity contribution in [2.24, 2.45) is 17.6 Å². The van der Waals surface area contributed by atoms with E-state index in [1.165, 1.54) is 7.11 Å². The van der Waals surface area contributed by atoms with Crippen LogP contribution in [0.15, 0.2) is 18.5 Å². The number of fused-ring (bicyclic) bond motifs is 1. The van der Waals surface area contributed by atoms with E-state index in [1.54, 1.807) is 18.5 Å². The van der Waals surface area contributed by atoms with Crippen LogP contribution < -0.4 is 10.5 Å². The number of nitrogens with two attached hydrogens (primary N) is 1. The van der Waals surface area contributed by atoms with Crippen LogP contribution in [0.25, 0.3) is 0 Å². The minimum atomic E-state index is -0.870. The van der Waals surface area contributed by atoms with Gasteiger partial charge in [-0.15, -0.1) is 0 Å². The number of carbonyl (C=O) groups is 2. The molecule has 25 heavy (non-hydrogen) atoms. The molecule has 2 N–H and O–H groups in total. The number of rotatable bonds is 4. The van der Waals surface area contributed by atoms with Crippen molar-refractivity contribution in [1.29, 1.82) is 0 Å². The van der Waals surface area contributed by atoms with Gasteiger partial charge in [-0.25, -0.2) is 0 Å². The summed E-state index contributed by atoms with van der Waals surface area (Å²) in [5.74, 6) is -0.489. The maximum Gasteiger partial charge on any atom is 0.322 e. The van der Waals surface area contributed by atoms with Gasteiger partial charge in [0.25, 0.3) is 0 Å². The monoisotopic (exact) mass is 348 g/mol. The van der Waals surface area contributed by atoms with Crippen LogP contribution >= 0.6 is 0 Å². The van der Waals surface area contributed by atoms with E-state index in [9.17, 15) is 9.59 Å². The van der Waals surface area contributed by atoms with Crippen molar-refractivity contribution in [3.63, 3.8) is 0 Å². The van der Waals surface area contributed by atoms with E-state index in [1.807, 2.05) is 6.92 Å². The molecular formula is C18H24N2O5. The van der Waals surface area contributed by atoms with E-state index >= 15 is 0 Å². The number of ketones is 1. The number of carbonyl (C=O) groups excluding carboxylic acids is 2. The van der Waals surface area contributed by atoms with Crippen molar-refractivity contribution in [2.75, 3.05) is 20.3 Å². The Hall–Kier alpha value is -1.99. The van der Waals surface area contributed by atoms with Crippen LogP contribution in [0.1, 0.15) is 36.5 Å². The molecule has 2 aliphatic heterocycles. The number of Topliss-reactive ketones (excluding diaryl/α,β-unsaturated/α-hetero) is 1. The smallest absolute Gasteiger partial charge is 0.322 e. The molecule has 0 aliphatic carbocycles. The van der Waals surface area contributed by atoms with Gasteiger partial charge in [0.15, 0.2) is 5.78 Å². The van der Waals surface area contributed by atoms with Crippen LogP contribution in [0.3, 0.4) is 0 Å². The molecule has 1 aromatic heterocycles. The number of hydrogen-bond donors (Lipinski definition) is 1. The van der Waals surface area contributed by atoms with Crippen molar-refractivity contribution in [3.05, 3.63) is 24.0 Å². The highest BCUT2D eigenvalue weighted by molar-refractivity contribution is 6.02. The number of hydrogen-bond acceptors (Lipinski definition) is 7. The molecule has 0 radical (unpaired) electrons. The van der Waals surface area contributed by atoms with Gasteiger partial charge in [-0.2, -0.15) is 0 Å². The minimum absolute atomic E-state index is 0.0583. The topological polar surface area (TPSA) is 101 Å². The van der Waals surface area contributed by atoms with Crippen molar-refractivity contribution < 1.29 is 23.8 Å². The number of ether oxygens (including phenoxy) is 3. The van der Waals surface area contributed by atoms with Gasteiger partial charge in [0, 0.05) is 25.3 Å². The van der Waals surface area contributed by atoms with E-state index in [-0.39, 0.29) is 18.1 Å². The van der Waals surface area contributed by atoms with E-state index in [2.05, 4.69) is 4.98 Å². The van der Waals surface area contributed by atoms with Crippen molar-refractivity contribution in [2.45, 2.75) is 37.8 Å². The Bertz CT molecular complexity index is 659. The maximum absolute atomic E-state index is 13.2. The zero-order chi connectivity index (χ0) is 18.0. The van der Waals surface area contributed by atoms with E-state index in [0.29, 0.717) is 24.5 Å². The van der Waals surface area contributed by atoms with Crippen molar-refractivity contribution in [1.82, 2.24) is 4.98 Å². The van der Waals surface area contributed by atoms with Gasteiger partial charge in [0.1, 0.15) is 17.4 Å². The van der Waals surface area contributed by atoms with Crippen molar-refractivity contribution in [3.8, 4) is 5.75 Å². The lowest BCUT2D eigenvalue weighted by Crippen LogP contribution is -2.56. The molecule has 0 saturated carbocycles. The standard InChI is InChI=1S/C18H24N2O5/c1-18(11-4-7-24-8-5-11)13(9-14(19)17(22)23-2)16(21)12-3-6-20-10-15(12)25-18/h3,6,10-11,13-14H,4-5,7-9,19H2,1-2H3. The van der Waals surface area contributed by atoms with Gasteiger partial charge >= 0.3 is 5.97 Å². The number of pyridine rings is 1. The van der Waals surface area contributed by atoms with Crippen LogP contribution in [-0.4, -0.2) is 48.7 Å². The fourth-order valence-corrected chi connectivity index (χ4v) is 3.90. The molecule has 0 bridgehead atoms. The number of esters is 1. The van der Waals surface area contributed by atoms with E-state index < -0.39 is 23.5 Å². The molecule has 3 heterocycles. The van der Waals surface area contributed by atoms with Gasteiger partial charge in [-0.05, 0) is 32.3 Å². The average Bonchev–Trinajstić information content (AvgIpc) is 2.65. The number of methoxy groups -OCH3 is 1. The molecule has 7 nitrogen and oxygen atoms in total. The number of aromatic nitrogens is 1. The van der Waals surface area contributed by atoms with Crippen molar-refractivity contribution >= 4 is 11.8 Å². The molecule has 3 unspecified atom stereocenters. The lowest BCUT2D eigenvalue weighted by molar-refractivity contribution is -0.143.